The fourth-order valence-corrected chi connectivity index (χ4v) is 3.70. The summed E-state index contributed by atoms with van der Waals surface area (Å²) < 4.78 is 10.5. The van der Waals surface area contributed by atoms with Gasteiger partial charge in [0.1, 0.15) is 11.5 Å². The van der Waals surface area contributed by atoms with Crippen molar-refractivity contribution in [2.75, 3.05) is 51.6 Å². The van der Waals surface area contributed by atoms with E-state index in [9.17, 15) is 9.59 Å². The Bertz CT molecular complexity index is 928. The Morgan fingerprint density at radius 2 is 1.61 bits per heavy atom. The predicted molar refractivity (Wildman–Crippen MR) is 123 cm³/mol. The fourth-order valence-electron chi connectivity index (χ4n) is 3.70. The summed E-state index contributed by atoms with van der Waals surface area (Å²) in [6.07, 6.45) is 2.02. The van der Waals surface area contributed by atoms with E-state index in [-0.39, 0.29) is 11.8 Å². The van der Waals surface area contributed by atoms with Gasteiger partial charge in [0.25, 0.3) is 11.8 Å². The summed E-state index contributed by atoms with van der Waals surface area (Å²) in [5.74, 6) is 1.39. The van der Waals surface area contributed by atoms with Crippen molar-refractivity contribution in [1.29, 1.82) is 0 Å². The topological polar surface area (TPSA) is 71.1 Å². The molecule has 31 heavy (non-hydrogen) atoms. The van der Waals surface area contributed by atoms with Crippen LogP contribution in [0, 0.1) is 5.92 Å². The standard InChI is InChI=1S/C24H31N3O4/c1-16-8-10-27(11-9-16)24(29)21-14-18(6-7-22(21)26(2)3)25-23(28)17-12-19(30-4)15-20(13-17)31-5/h6-7,12-16H,8-11H2,1-5H3,(H,25,28). The molecular formula is C24H31N3O4. The van der Waals surface area contributed by atoms with Gasteiger partial charge >= 0.3 is 0 Å². The van der Waals surface area contributed by atoms with Gasteiger partial charge in [0.05, 0.1) is 19.8 Å². The Morgan fingerprint density at radius 3 is 2.16 bits per heavy atom. The van der Waals surface area contributed by atoms with Crippen LogP contribution >= 0.6 is 0 Å². The molecule has 0 saturated carbocycles. The number of hydrogen-bond acceptors (Lipinski definition) is 5. The van der Waals surface area contributed by atoms with Gasteiger partial charge in [-0.25, -0.2) is 0 Å². The van der Waals surface area contributed by atoms with Crippen molar-refractivity contribution in [2.24, 2.45) is 5.92 Å². The van der Waals surface area contributed by atoms with Crippen molar-refractivity contribution < 1.29 is 19.1 Å². The largest absolute Gasteiger partial charge is 0.497 e. The summed E-state index contributed by atoms with van der Waals surface area (Å²) in [6.45, 7) is 3.73. The number of anilines is 2. The summed E-state index contributed by atoms with van der Waals surface area (Å²) >= 11 is 0. The molecule has 1 fully saturated rings. The Morgan fingerprint density at radius 1 is 1.00 bits per heavy atom. The Balaban J connectivity index is 1.86. The van der Waals surface area contributed by atoms with E-state index in [1.807, 2.05) is 30.0 Å². The van der Waals surface area contributed by atoms with Crippen LogP contribution in [-0.4, -0.2) is 58.1 Å². The van der Waals surface area contributed by atoms with E-state index in [0.29, 0.717) is 34.2 Å². The van der Waals surface area contributed by atoms with Crippen LogP contribution in [0.5, 0.6) is 11.5 Å². The number of amides is 2. The van der Waals surface area contributed by atoms with Gasteiger partial charge in [0, 0.05) is 50.2 Å². The first kappa shape index (κ1) is 22.5. The van der Waals surface area contributed by atoms with Gasteiger partial charge in [-0.15, -0.1) is 0 Å². The number of nitrogens with zero attached hydrogens (tertiary/aromatic N) is 2. The zero-order valence-corrected chi connectivity index (χ0v) is 18.9. The van der Waals surface area contributed by atoms with Crippen LogP contribution in [0.15, 0.2) is 36.4 Å². The highest BCUT2D eigenvalue weighted by molar-refractivity contribution is 6.06. The minimum absolute atomic E-state index is 0.00486. The lowest BCUT2D eigenvalue weighted by Gasteiger charge is -2.31. The Kier molecular flexibility index (Phi) is 7.05. The highest BCUT2D eigenvalue weighted by atomic mass is 16.5. The number of piperidine rings is 1. The highest BCUT2D eigenvalue weighted by Gasteiger charge is 2.24. The van der Waals surface area contributed by atoms with E-state index < -0.39 is 0 Å². The van der Waals surface area contributed by atoms with Crippen LogP contribution in [-0.2, 0) is 0 Å². The van der Waals surface area contributed by atoms with Gasteiger partial charge in [0.15, 0.2) is 0 Å². The van der Waals surface area contributed by atoms with Gasteiger partial charge < -0.3 is 24.6 Å². The second-order valence-electron chi connectivity index (χ2n) is 8.16. The normalized spacial score (nSPS) is 14.2. The minimum atomic E-state index is -0.306. The quantitative estimate of drug-likeness (QED) is 0.760. The molecule has 166 valence electrons. The molecule has 0 unspecified atom stereocenters. The SMILES string of the molecule is COc1cc(OC)cc(C(=O)Nc2ccc(N(C)C)c(C(=O)N3CCC(C)CC3)c2)c1. The summed E-state index contributed by atoms with van der Waals surface area (Å²) in [4.78, 5) is 29.9. The lowest BCUT2D eigenvalue weighted by Crippen LogP contribution is -2.38. The van der Waals surface area contributed by atoms with Crippen molar-refractivity contribution in [3.05, 3.63) is 47.5 Å². The van der Waals surface area contributed by atoms with Crippen molar-refractivity contribution in [3.63, 3.8) is 0 Å². The molecule has 0 aliphatic carbocycles. The van der Waals surface area contributed by atoms with E-state index >= 15 is 0 Å². The number of benzene rings is 2. The van der Waals surface area contributed by atoms with Gasteiger partial charge in [0.2, 0.25) is 0 Å². The van der Waals surface area contributed by atoms with Crippen LogP contribution < -0.4 is 19.7 Å². The van der Waals surface area contributed by atoms with E-state index in [1.54, 1.807) is 30.3 Å². The summed E-state index contributed by atoms with van der Waals surface area (Å²) in [6, 6.07) is 10.4. The lowest BCUT2D eigenvalue weighted by molar-refractivity contribution is 0.0697. The molecule has 0 spiro atoms. The van der Waals surface area contributed by atoms with E-state index in [0.717, 1.165) is 31.6 Å². The maximum atomic E-state index is 13.3. The zero-order valence-electron chi connectivity index (χ0n) is 18.9. The molecule has 0 aromatic heterocycles. The smallest absolute Gasteiger partial charge is 0.256 e. The molecule has 1 saturated heterocycles. The number of rotatable bonds is 6. The average Bonchev–Trinajstić information content (AvgIpc) is 2.78. The van der Waals surface area contributed by atoms with Gasteiger partial charge in [-0.1, -0.05) is 6.92 Å². The number of ether oxygens (including phenoxy) is 2. The molecule has 2 aromatic carbocycles. The van der Waals surface area contributed by atoms with Crippen molar-refractivity contribution >= 4 is 23.2 Å². The number of carbonyl (C=O) groups excluding carboxylic acids is 2. The highest BCUT2D eigenvalue weighted by Crippen LogP contribution is 2.28. The second-order valence-corrected chi connectivity index (χ2v) is 8.16. The minimum Gasteiger partial charge on any atom is -0.497 e. The van der Waals surface area contributed by atoms with Gasteiger partial charge in [-0.05, 0) is 49.1 Å². The Hall–Kier alpha value is -3.22. The molecule has 0 atom stereocenters. The fraction of sp³-hybridized carbons (Fsp3) is 0.417. The summed E-state index contributed by atoms with van der Waals surface area (Å²) in [5, 5.41) is 2.89. The molecule has 1 heterocycles. The van der Waals surface area contributed by atoms with Crippen LogP contribution in [0.25, 0.3) is 0 Å². The molecule has 7 nitrogen and oxygen atoms in total. The first-order chi connectivity index (χ1) is 14.8. The second kappa shape index (κ2) is 9.73. The monoisotopic (exact) mass is 425 g/mol. The third kappa shape index (κ3) is 5.29. The number of nitrogens with one attached hydrogen (secondary N) is 1. The molecule has 2 amide bonds. The van der Waals surface area contributed by atoms with Crippen molar-refractivity contribution in [3.8, 4) is 11.5 Å². The Labute approximate surface area is 183 Å². The van der Waals surface area contributed by atoms with Gasteiger partial charge in [-0.2, -0.15) is 0 Å². The third-order valence-corrected chi connectivity index (χ3v) is 5.65. The maximum absolute atomic E-state index is 13.3. The summed E-state index contributed by atoms with van der Waals surface area (Å²) in [7, 11) is 6.89. The molecule has 1 N–H and O–H groups in total. The van der Waals surface area contributed by atoms with Crippen LogP contribution in [0.1, 0.15) is 40.5 Å². The molecule has 0 bridgehead atoms. The molecule has 1 aliphatic heterocycles. The first-order valence-electron chi connectivity index (χ1n) is 10.5. The predicted octanol–water partition coefficient (Wildman–Crippen LogP) is 3.89. The van der Waals surface area contributed by atoms with Crippen molar-refractivity contribution in [1.82, 2.24) is 4.90 Å². The molecule has 1 aliphatic rings. The summed E-state index contributed by atoms with van der Waals surface area (Å²) in [5.41, 5.74) is 2.38. The number of carbonyl (C=O) groups is 2. The van der Waals surface area contributed by atoms with Crippen LogP contribution in [0.4, 0.5) is 11.4 Å². The third-order valence-electron chi connectivity index (χ3n) is 5.65. The van der Waals surface area contributed by atoms with Gasteiger partial charge in [-0.3, -0.25) is 9.59 Å². The lowest BCUT2D eigenvalue weighted by atomic mass is 9.98. The van der Waals surface area contributed by atoms with Crippen LogP contribution in [0.2, 0.25) is 0 Å². The number of likely N-dealkylation sites (tertiary alicyclic amines) is 1. The van der Waals surface area contributed by atoms with E-state index in [1.165, 1.54) is 14.2 Å². The number of hydrogen-bond donors (Lipinski definition) is 1. The van der Waals surface area contributed by atoms with E-state index in [4.69, 9.17) is 9.47 Å². The molecule has 3 rings (SSSR count). The average molecular weight is 426 g/mol. The van der Waals surface area contributed by atoms with E-state index in [2.05, 4.69) is 12.2 Å². The molecule has 0 radical (unpaired) electrons. The molecule has 2 aromatic rings. The molecular weight excluding hydrogens is 394 g/mol. The van der Waals surface area contributed by atoms with Crippen molar-refractivity contribution in [2.45, 2.75) is 19.8 Å². The zero-order chi connectivity index (χ0) is 22.5. The molecule has 7 heteroatoms. The van der Waals surface area contributed by atoms with Crippen LogP contribution in [0.3, 0.4) is 0 Å². The number of methoxy groups -OCH3 is 2. The maximum Gasteiger partial charge on any atom is 0.256 e. The first-order valence-corrected chi connectivity index (χ1v) is 10.5.